The van der Waals surface area contributed by atoms with Crippen LogP contribution in [0.4, 0.5) is 0 Å². The van der Waals surface area contributed by atoms with Crippen LogP contribution in [0.5, 0.6) is 0 Å². The third-order valence-corrected chi connectivity index (χ3v) is 5.64. The number of aliphatic imine (C=N–C) groups is 1. The fourth-order valence-corrected chi connectivity index (χ4v) is 3.52. The first-order chi connectivity index (χ1) is 13.6. The van der Waals surface area contributed by atoms with Gasteiger partial charge >= 0.3 is 0 Å². The molecule has 0 radical (unpaired) electrons. The third kappa shape index (κ3) is 9.54. The van der Waals surface area contributed by atoms with Crippen LogP contribution in [0, 0.1) is 6.92 Å². The summed E-state index contributed by atoms with van der Waals surface area (Å²) in [5.41, 5.74) is 0. The van der Waals surface area contributed by atoms with Crippen molar-refractivity contribution in [3.63, 3.8) is 0 Å². The van der Waals surface area contributed by atoms with E-state index in [0.29, 0.717) is 18.9 Å². The SMILES string of the molecule is CSCCCNC(=NCc1nnc(C)n1C)NCCCN1CCCCCC1=O.I. The van der Waals surface area contributed by atoms with E-state index in [-0.39, 0.29) is 24.0 Å². The number of halogens is 1. The second-order valence-corrected chi connectivity index (χ2v) is 8.12. The fraction of sp³-hybridized carbons (Fsp3) is 0.789. The number of amides is 1. The number of guanidine groups is 1. The van der Waals surface area contributed by atoms with Gasteiger partial charge in [0.15, 0.2) is 11.8 Å². The molecule has 2 rings (SSSR count). The molecular weight excluding hydrogens is 501 g/mol. The summed E-state index contributed by atoms with van der Waals surface area (Å²) in [4.78, 5) is 18.8. The predicted molar refractivity (Wildman–Crippen MR) is 131 cm³/mol. The molecule has 29 heavy (non-hydrogen) atoms. The maximum absolute atomic E-state index is 12.1. The van der Waals surface area contributed by atoms with Crippen molar-refractivity contribution < 1.29 is 4.79 Å². The van der Waals surface area contributed by atoms with Gasteiger partial charge in [0.1, 0.15) is 12.4 Å². The van der Waals surface area contributed by atoms with Crippen LogP contribution < -0.4 is 10.6 Å². The zero-order chi connectivity index (χ0) is 20.2. The number of carbonyl (C=O) groups excluding carboxylic acids is 1. The van der Waals surface area contributed by atoms with E-state index in [9.17, 15) is 4.79 Å². The number of hydrogen-bond acceptors (Lipinski definition) is 5. The Hall–Kier alpha value is -1.04. The lowest BCUT2D eigenvalue weighted by Gasteiger charge is -2.21. The molecule has 0 aromatic carbocycles. The van der Waals surface area contributed by atoms with Gasteiger partial charge in [0.25, 0.3) is 0 Å². The van der Waals surface area contributed by atoms with Crippen molar-refractivity contribution in [2.45, 2.75) is 52.0 Å². The highest BCUT2D eigenvalue weighted by Crippen LogP contribution is 2.11. The van der Waals surface area contributed by atoms with Crippen LogP contribution in [0.2, 0.25) is 0 Å². The summed E-state index contributed by atoms with van der Waals surface area (Å²) in [5, 5.41) is 15.1. The molecular formula is C19H36IN7OS. The summed E-state index contributed by atoms with van der Waals surface area (Å²) >= 11 is 1.85. The zero-order valence-electron chi connectivity index (χ0n) is 17.9. The molecule has 0 atom stereocenters. The van der Waals surface area contributed by atoms with Gasteiger partial charge in [0.05, 0.1) is 0 Å². The van der Waals surface area contributed by atoms with E-state index < -0.39 is 0 Å². The number of aryl methyl sites for hydroxylation is 1. The summed E-state index contributed by atoms with van der Waals surface area (Å²) in [6, 6.07) is 0. The van der Waals surface area contributed by atoms with Crippen LogP contribution in [0.15, 0.2) is 4.99 Å². The third-order valence-electron chi connectivity index (χ3n) is 4.95. The van der Waals surface area contributed by atoms with Crippen molar-refractivity contribution in [3.05, 3.63) is 11.6 Å². The summed E-state index contributed by atoms with van der Waals surface area (Å²) in [6.07, 6.45) is 8.15. The Morgan fingerprint density at radius 2 is 1.93 bits per heavy atom. The molecule has 0 bridgehead atoms. The lowest BCUT2D eigenvalue weighted by molar-refractivity contribution is -0.130. The maximum Gasteiger partial charge on any atom is 0.222 e. The molecule has 166 valence electrons. The molecule has 1 fully saturated rings. The second-order valence-electron chi connectivity index (χ2n) is 7.13. The van der Waals surface area contributed by atoms with Gasteiger partial charge in [-0.15, -0.1) is 34.2 Å². The van der Waals surface area contributed by atoms with Crippen LogP contribution in [-0.2, 0) is 18.4 Å². The molecule has 2 heterocycles. The lowest BCUT2D eigenvalue weighted by Crippen LogP contribution is -2.40. The highest BCUT2D eigenvalue weighted by molar-refractivity contribution is 14.0. The Morgan fingerprint density at radius 1 is 1.17 bits per heavy atom. The minimum atomic E-state index is 0. The summed E-state index contributed by atoms with van der Waals surface area (Å²) in [5.74, 6) is 3.95. The standard InChI is InChI=1S/C19H35N7OS.HI/c1-16-23-24-17(25(16)2)15-22-19(21-11-8-14-28-3)20-10-7-13-26-12-6-4-5-9-18(26)27;/h4-15H2,1-3H3,(H2,20,21,22);1H. The van der Waals surface area contributed by atoms with Crippen molar-refractivity contribution >= 4 is 47.6 Å². The van der Waals surface area contributed by atoms with Gasteiger partial charge in [-0.25, -0.2) is 4.99 Å². The van der Waals surface area contributed by atoms with Crippen LogP contribution >= 0.6 is 35.7 Å². The van der Waals surface area contributed by atoms with Gasteiger partial charge < -0.3 is 20.1 Å². The second kappa shape index (κ2) is 14.9. The molecule has 0 saturated carbocycles. The number of hydrogen-bond donors (Lipinski definition) is 2. The van der Waals surface area contributed by atoms with E-state index in [1.54, 1.807) is 0 Å². The van der Waals surface area contributed by atoms with E-state index in [0.717, 1.165) is 75.2 Å². The first-order valence-corrected chi connectivity index (χ1v) is 11.6. The van der Waals surface area contributed by atoms with E-state index in [2.05, 4.69) is 32.1 Å². The molecule has 1 aromatic rings. The van der Waals surface area contributed by atoms with E-state index >= 15 is 0 Å². The number of thioether (sulfide) groups is 1. The lowest BCUT2D eigenvalue weighted by atomic mass is 10.2. The number of nitrogens with one attached hydrogen (secondary N) is 2. The average molecular weight is 538 g/mol. The number of rotatable bonds is 10. The fourth-order valence-electron chi connectivity index (χ4n) is 3.09. The Labute approximate surface area is 196 Å². The summed E-state index contributed by atoms with van der Waals surface area (Å²) in [6.45, 7) is 5.81. The summed E-state index contributed by atoms with van der Waals surface area (Å²) in [7, 11) is 1.96. The summed E-state index contributed by atoms with van der Waals surface area (Å²) < 4.78 is 1.96. The van der Waals surface area contributed by atoms with E-state index in [4.69, 9.17) is 0 Å². The topological polar surface area (TPSA) is 87.4 Å². The van der Waals surface area contributed by atoms with Crippen LogP contribution in [0.3, 0.4) is 0 Å². The molecule has 0 aliphatic carbocycles. The minimum Gasteiger partial charge on any atom is -0.356 e. The quantitative estimate of drug-likeness (QED) is 0.206. The zero-order valence-corrected chi connectivity index (χ0v) is 21.1. The van der Waals surface area contributed by atoms with Crippen molar-refractivity contribution in [2.75, 3.05) is 38.2 Å². The molecule has 8 nitrogen and oxygen atoms in total. The maximum atomic E-state index is 12.1. The first kappa shape index (κ1) is 26.0. The van der Waals surface area contributed by atoms with Crippen LogP contribution in [0.1, 0.15) is 50.2 Å². The highest BCUT2D eigenvalue weighted by Gasteiger charge is 2.15. The van der Waals surface area contributed by atoms with Crippen molar-refractivity contribution in [2.24, 2.45) is 12.0 Å². The Bertz CT molecular complexity index is 638. The van der Waals surface area contributed by atoms with Crippen molar-refractivity contribution in [1.29, 1.82) is 0 Å². The van der Waals surface area contributed by atoms with Gasteiger partial charge in [-0.3, -0.25) is 4.79 Å². The molecule has 0 unspecified atom stereocenters. The average Bonchev–Trinajstić information content (AvgIpc) is 2.88. The Kier molecular flexibility index (Phi) is 13.3. The smallest absolute Gasteiger partial charge is 0.222 e. The number of nitrogens with zero attached hydrogens (tertiary/aromatic N) is 5. The van der Waals surface area contributed by atoms with Crippen LogP contribution in [0.25, 0.3) is 0 Å². The number of aromatic nitrogens is 3. The largest absolute Gasteiger partial charge is 0.356 e. The van der Waals surface area contributed by atoms with Crippen molar-refractivity contribution in [3.8, 4) is 0 Å². The van der Waals surface area contributed by atoms with Gasteiger partial charge in [0, 0.05) is 39.6 Å². The van der Waals surface area contributed by atoms with Gasteiger partial charge in [0.2, 0.25) is 5.91 Å². The molecule has 1 aliphatic heterocycles. The molecule has 1 amide bonds. The molecule has 1 saturated heterocycles. The number of likely N-dealkylation sites (tertiary alicyclic amines) is 1. The van der Waals surface area contributed by atoms with Crippen LogP contribution in [-0.4, -0.2) is 69.7 Å². The Balaban J connectivity index is 0.00000420. The van der Waals surface area contributed by atoms with Gasteiger partial charge in [-0.2, -0.15) is 11.8 Å². The number of carbonyl (C=O) groups is 1. The van der Waals surface area contributed by atoms with Crippen molar-refractivity contribution in [1.82, 2.24) is 30.3 Å². The Morgan fingerprint density at radius 3 is 2.62 bits per heavy atom. The normalized spacial score (nSPS) is 15.1. The minimum absolute atomic E-state index is 0. The first-order valence-electron chi connectivity index (χ1n) is 10.3. The molecule has 10 heteroatoms. The molecule has 1 aromatic heterocycles. The van der Waals surface area contributed by atoms with E-state index in [1.807, 2.05) is 35.2 Å². The molecule has 0 spiro atoms. The van der Waals surface area contributed by atoms with E-state index in [1.165, 1.54) is 6.42 Å². The molecule has 2 N–H and O–H groups in total. The highest BCUT2D eigenvalue weighted by atomic mass is 127. The monoisotopic (exact) mass is 537 g/mol. The molecule has 1 aliphatic rings. The van der Waals surface area contributed by atoms with Gasteiger partial charge in [-0.1, -0.05) is 6.42 Å². The van der Waals surface area contributed by atoms with Gasteiger partial charge in [-0.05, 0) is 44.6 Å². The predicted octanol–water partition coefficient (Wildman–Crippen LogP) is 2.32.